The summed E-state index contributed by atoms with van der Waals surface area (Å²) in [6, 6.07) is 21.0. The highest BCUT2D eigenvalue weighted by Gasteiger charge is 2.37. The maximum atomic E-state index is 6.18. The first-order chi connectivity index (χ1) is 11.9. The molecule has 3 atom stereocenters. The van der Waals surface area contributed by atoms with E-state index in [2.05, 4.69) is 60.7 Å². The van der Waals surface area contributed by atoms with Crippen molar-refractivity contribution >= 4 is 11.8 Å². The number of benzene rings is 2. The number of fused-ring (bicyclic) bond motifs is 2. The van der Waals surface area contributed by atoms with Gasteiger partial charge in [-0.15, -0.1) is 0 Å². The van der Waals surface area contributed by atoms with Crippen LogP contribution < -0.4 is 0 Å². The molecule has 0 aliphatic carbocycles. The second kappa shape index (κ2) is 7.56. The van der Waals surface area contributed by atoms with Crippen molar-refractivity contribution in [3.63, 3.8) is 0 Å². The maximum absolute atomic E-state index is 6.18. The second-order valence-electron chi connectivity index (χ2n) is 6.37. The molecule has 124 valence electrons. The third-order valence-corrected chi connectivity index (χ3v) is 5.69. The Bertz CT molecular complexity index is 683. The first kappa shape index (κ1) is 15.9. The highest BCUT2D eigenvalue weighted by Crippen LogP contribution is 2.38. The van der Waals surface area contributed by atoms with Crippen molar-refractivity contribution in [3.05, 3.63) is 77.2 Å². The SMILES string of the molecule is C1=C(Sc2ccccc2)CC[C@H]2O[C@@H]1C[C@@H]2OCc1ccccc1. The minimum atomic E-state index is 0.199. The minimum Gasteiger partial charge on any atom is -0.371 e. The molecule has 0 aromatic heterocycles. The molecule has 2 aromatic rings. The van der Waals surface area contributed by atoms with E-state index in [4.69, 9.17) is 9.47 Å². The lowest BCUT2D eigenvalue weighted by Crippen LogP contribution is -2.24. The van der Waals surface area contributed by atoms with E-state index >= 15 is 0 Å². The zero-order valence-corrected chi connectivity index (χ0v) is 14.5. The highest BCUT2D eigenvalue weighted by atomic mass is 32.2. The van der Waals surface area contributed by atoms with Gasteiger partial charge in [0.1, 0.15) is 0 Å². The Morgan fingerprint density at radius 1 is 1.00 bits per heavy atom. The van der Waals surface area contributed by atoms with E-state index in [0.717, 1.165) is 19.3 Å². The molecule has 2 aliphatic rings. The van der Waals surface area contributed by atoms with Crippen LogP contribution in [0.2, 0.25) is 0 Å². The van der Waals surface area contributed by atoms with E-state index in [1.807, 2.05) is 17.8 Å². The largest absolute Gasteiger partial charge is 0.371 e. The van der Waals surface area contributed by atoms with E-state index in [1.165, 1.54) is 15.4 Å². The number of thioether (sulfide) groups is 1. The molecule has 1 saturated heterocycles. The van der Waals surface area contributed by atoms with Gasteiger partial charge in [-0.05, 0) is 41.5 Å². The molecule has 0 amide bonds. The van der Waals surface area contributed by atoms with Crippen molar-refractivity contribution in [1.29, 1.82) is 0 Å². The fraction of sp³-hybridized carbons (Fsp3) is 0.333. The highest BCUT2D eigenvalue weighted by molar-refractivity contribution is 8.03. The van der Waals surface area contributed by atoms with E-state index in [9.17, 15) is 0 Å². The lowest BCUT2D eigenvalue weighted by Gasteiger charge is -2.19. The normalized spacial score (nSPS) is 26.0. The quantitative estimate of drug-likeness (QED) is 0.746. The summed E-state index contributed by atoms with van der Waals surface area (Å²) < 4.78 is 12.3. The van der Waals surface area contributed by atoms with Crippen molar-refractivity contribution in [3.8, 4) is 0 Å². The third-order valence-electron chi connectivity index (χ3n) is 4.57. The average molecular weight is 338 g/mol. The monoisotopic (exact) mass is 338 g/mol. The van der Waals surface area contributed by atoms with Crippen molar-refractivity contribution in [2.45, 2.75) is 49.1 Å². The van der Waals surface area contributed by atoms with Gasteiger partial charge in [0.25, 0.3) is 0 Å². The van der Waals surface area contributed by atoms with Gasteiger partial charge in [-0.1, -0.05) is 60.3 Å². The third kappa shape index (κ3) is 3.92. The molecule has 2 aliphatic heterocycles. The van der Waals surface area contributed by atoms with Crippen molar-refractivity contribution in [2.24, 2.45) is 0 Å². The molecule has 2 nitrogen and oxygen atoms in total. The first-order valence-electron chi connectivity index (χ1n) is 8.61. The van der Waals surface area contributed by atoms with Gasteiger partial charge in [0, 0.05) is 11.3 Å². The fourth-order valence-corrected chi connectivity index (χ4v) is 4.40. The standard InChI is InChI=1S/C21H22O2S/c1-3-7-16(8-4-1)15-22-21-14-17-13-19(11-12-20(21)23-17)24-18-9-5-2-6-10-18/h1-10,13,17,20-21H,11-12,14-15H2/t17-,20+,21-/m0/s1. The summed E-state index contributed by atoms with van der Waals surface area (Å²) in [4.78, 5) is 2.73. The molecule has 2 heterocycles. The lowest BCUT2D eigenvalue weighted by molar-refractivity contribution is -0.0247. The zero-order chi connectivity index (χ0) is 16.2. The predicted molar refractivity (Wildman–Crippen MR) is 97.9 cm³/mol. The summed E-state index contributed by atoms with van der Waals surface area (Å²) in [6.07, 6.45) is 6.04. The summed E-state index contributed by atoms with van der Waals surface area (Å²) in [6.45, 7) is 0.674. The van der Waals surface area contributed by atoms with Crippen molar-refractivity contribution in [1.82, 2.24) is 0 Å². The minimum absolute atomic E-state index is 0.199. The molecule has 2 aromatic carbocycles. The van der Waals surface area contributed by atoms with Crippen LogP contribution in [0.25, 0.3) is 0 Å². The lowest BCUT2D eigenvalue weighted by atomic mass is 10.0. The van der Waals surface area contributed by atoms with Gasteiger partial charge in [0.2, 0.25) is 0 Å². The van der Waals surface area contributed by atoms with Crippen LogP contribution in [-0.2, 0) is 16.1 Å². The smallest absolute Gasteiger partial charge is 0.0869 e. The van der Waals surface area contributed by atoms with Gasteiger partial charge < -0.3 is 9.47 Å². The van der Waals surface area contributed by atoms with Crippen LogP contribution in [0.4, 0.5) is 0 Å². The second-order valence-corrected chi connectivity index (χ2v) is 7.57. The van der Waals surface area contributed by atoms with E-state index in [-0.39, 0.29) is 18.3 Å². The molecular weight excluding hydrogens is 316 g/mol. The molecule has 0 unspecified atom stereocenters. The Kier molecular flexibility index (Phi) is 5.02. The van der Waals surface area contributed by atoms with Crippen LogP contribution in [0.1, 0.15) is 24.8 Å². The van der Waals surface area contributed by atoms with Gasteiger partial charge in [-0.3, -0.25) is 0 Å². The number of hydrogen-bond donors (Lipinski definition) is 0. The zero-order valence-electron chi connectivity index (χ0n) is 13.6. The summed E-state index contributed by atoms with van der Waals surface area (Å²) in [7, 11) is 0. The molecule has 0 N–H and O–H groups in total. The Labute approximate surface area is 147 Å². The van der Waals surface area contributed by atoms with Crippen LogP contribution >= 0.6 is 11.8 Å². The van der Waals surface area contributed by atoms with Gasteiger partial charge in [0.05, 0.1) is 24.9 Å². The van der Waals surface area contributed by atoms with Gasteiger partial charge in [-0.2, -0.15) is 0 Å². The fourth-order valence-electron chi connectivity index (χ4n) is 3.36. The molecule has 0 saturated carbocycles. The molecule has 0 spiro atoms. The van der Waals surface area contributed by atoms with Crippen molar-refractivity contribution < 1.29 is 9.47 Å². The molecule has 3 heteroatoms. The average Bonchev–Trinajstić information content (AvgIpc) is 2.89. The Morgan fingerprint density at radius 2 is 1.75 bits per heavy atom. The number of allylic oxidation sites excluding steroid dienone is 1. The molecule has 1 fully saturated rings. The summed E-state index contributed by atoms with van der Waals surface area (Å²) >= 11 is 1.87. The van der Waals surface area contributed by atoms with E-state index in [1.54, 1.807) is 0 Å². The maximum Gasteiger partial charge on any atom is 0.0869 e. The summed E-state index contributed by atoms with van der Waals surface area (Å²) in [5.41, 5.74) is 1.23. The van der Waals surface area contributed by atoms with Crippen LogP contribution in [0.5, 0.6) is 0 Å². The topological polar surface area (TPSA) is 18.5 Å². The van der Waals surface area contributed by atoms with E-state index in [0.29, 0.717) is 6.61 Å². The van der Waals surface area contributed by atoms with Gasteiger partial charge >= 0.3 is 0 Å². The van der Waals surface area contributed by atoms with E-state index < -0.39 is 0 Å². The van der Waals surface area contributed by atoms with Crippen molar-refractivity contribution in [2.75, 3.05) is 0 Å². The van der Waals surface area contributed by atoms with Crippen LogP contribution in [-0.4, -0.2) is 18.3 Å². The number of rotatable bonds is 5. The first-order valence-corrected chi connectivity index (χ1v) is 9.43. The van der Waals surface area contributed by atoms with Crippen LogP contribution in [0.3, 0.4) is 0 Å². The predicted octanol–water partition coefficient (Wildman–Crippen LogP) is 5.20. The summed E-state index contributed by atoms with van der Waals surface area (Å²) in [5.74, 6) is 0. The molecule has 4 rings (SSSR count). The molecule has 0 radical (unpaired) electrons. The molecule has 24 heavy (non-hydrogen) atoms. The van der Waals surface area contributed by atoms with Gasteiger partial charge in [0.15, 0.2) is 0 Å². The number of hydrogen-bond acceptors (Lipinski definition) is 3. The Hall–Kier alpha value is -1.55. The van der Waals surface area contributed by atoms with Gasteiger partial charge in [-0.25, -0.2) is 0 Å². The Morgan fingerprint density at radius 3 is 2.54 bits per heavy atom. The number of ether oxygens (including phenoxy) is 2. The van der Waals surface area contributed by atoms with Crippen LogP contribution in [0, 0.1) is 0 Å². The molecular formula is C21H22O2S. The van der Waals surface area contributed by atoms with Crippen LogP contribution in [0.15, 0.2) is 76.5 Å². The summed E-state index contributed by atoms with van der Waals surface area (Å²) in [5, 5.41) is 0. The Balaban J connectivity index is 1.36. The molecule has 2 bridgehead atoms.